The highest BCUT2D eigenvalue weighted by molar-refractivity contribution is 7.17. The van der Waals surface area contributed by atoms with Gasteiger partial charge in [-0.25, -0.2) is 0 Å². The molecule has 0 unspecified atom stereocenters. The van der Waals surface area contributed by atoms with Gasteiger partial charge in [-0.3, -0.25) is 9.59 Å². The van der Waals surface area contributed by atoms with E-state index in [4.69, 9.17) is 16.0 Å². The Bertz CT molecular complexity index is 1130. The summed E-state index contributed by atoms with van der Waals surface area (Å²) in [7, 11) is 0. The SMILES string of the molecule is CC(C)(C)[C@H]1CCc2c(sc(NC(=O)c3cccc(Cl)c3)c2C(=O)NCc2ccco2)C1. The van der Waals surface area contributed by atoms with Crippen LogP contribution >= 0.6 is 22.9 Å². The summed E-state index contributed by atoms with van der Waals surface area (Å²) in [6.45, 7) is 7.07. The van der Waals surface area contributed by atoms with Crippen LogP contribution < -0.4 is 10.6 Å². The Kier molecular flexibility index (Phi) is 6.45. The first-order chi connectivity index (χ1) is 15.2. The van der Waals surface area contributed by atoms with Gasteiger partial charge in [-0.05, 0) is 66.5 Å². The van der Waals surface area contributed by atoms with E-state index in [0.29, 0.717) is 39.4 Å². The average molecular weight is 471 g/mol. The Labute approximate surface area is 197 Å². The molecule has 2 amide bonds. The number of hydrogen-bond donors (Lipinski definition) is 2. The topological polar surface area (TPSA) is 71.3 Å². The lowest BCUT2D eigenvalue weighted by molar-refractivity contribution is 0.0947. The molecule has 0 aliphatic heterocycles. The van der Waals surface area contributed by atoms with Gasteiger partial charge in [0, 0.05) is 15.5 Å². The van der Waals surface area contributed by atoms with Crippen LogP contribution in [0.1, 0.15) is 64.1 Å². The normalized spacial score (nSPS) is 15.8. The smallest absolute Gasteiger partial charge is 0.256 e. The first-order valence-electron chi connectivity index (χ1n) is 10.7. The van der Waals surface area contributed by atoms with Gasteiger partial charge in [-0.1, -0.05) is 38.4 Å². The molecule has 1 aliphatic carbocycles. The van der Waals surface area contributed by atoms with Crippen molar-refractivity contribution in [2.45, 2.75) is 46.6 Å². The van der Waals surface area contributed by atoms with Gasteiger partial charge in [0.1, 0.15) is 10.8 Å². The molecule has 1 aliphatic rings. The molecule has 0 spiro atoms. The zero-order chi connectivity index (χ0) is 22.9. The highest BCUT2D eigenvalue weighted by Crippen LogP contribution is 2.44. The molecule has 0 radical (unpaired) electrons. The van der Waals surface area contributed by atoms with Crippen LogP contribution in [0.2, 0.25) is 5.02 Å². The van der Waals surface area contributed by atoms with Crippen LogP contribution in [0.4, 0.5) is 5.00 Å². The number of benzene rings is 1. The number of thiophene rings is 1. The maximum absolute atomic E-state index is 13.2. The number of halogens is 1. The third-order valence-electron chi connectivity index (χ3n) is 6.03. The zero-order valence-corrected chi connectivity index (χ0v) is 20.0. The molecule has 0 fully saturated rings. The predicted molar refractivity (Wildman–Crippen MR) is 129 cm³/mol. The summed E-state index contributed by atoms with van der Waals surface area (Å²) >= 11 is 7.57. The van der Waals surface area contributed by atoms with Gasteiger partial charge in [-0.15, -0.1) is 11.3 Å². The van der Waals surface area contributed by atoms with Crippen molar-refractivity contribution in [2.24, 2.45) is 11.3 Å². The van der Waals surface area contributed by atoms with E-state index in [-0.39, 0.29) is 17.2 Å². The monoisotopic (exact) mass is 470 g/mol. The van der Waals surface area contributed by atoms with E-state index in [1.807, 2.05) is 6.07 Å². The van der Waals surface area contributed by atoms with Crippen molar-refractivity contribution in [3.63, 3.8) is 0 Å². The van der Waals surface area contributed by atoms with Gasteiger partial charge < -0.3 is 15.1 Å². The summed E-state index contributed by atoms with van der Waals surface area (Å²) in [5, 5.41) is 7.00. The number of amides is 2. The Morgan fingerprint density at radius 1 is 1.19 bits per heavy atom. The Balaban J connectivity index is 1.64. The number of carbonyl (C=O) groups excluding carboxylic acids is 2. The molecule has 1 atom stereocenters. The van der Waals surface area contributed by atoms with E-state index in [1.165, 1.54) is 16.2 Å². The molecule has 2 aromatic heterocycles. The maximum atomic E-state index is 13.2. The number of carbonyl (C=O) groups is 2. The summed E-state index contributed by atoms with van der Waals surface area (Å²) in [6, 6.07) is 10.4. The summed E-state index contributed by atoms with van der Waals surface area (Å²) < 4.78 is 5.33. The second-order valence-electron chi connectivity index (χ2n) is 9.24. The molecular formula is C25H27ClN2O3S. The molecular weight excluding hydrogens is 444 g/mol. The van der Waals surface area contributed by atoms with Crippen LogP contribution in [-0.4, -0.2) is 11.8 Å². The molecule has 4 rings (SSSR count). The second-order valence-corrected chi connectivity index (χ2v) is 10.8. The number of anilines is 1. The molecule has 0 saturated carbocycles. The number of rotatable bonds is 5. The summed E-state index contributed by atoms with van der Waals surface area (Å²) in [4.78, 5) is 27.3. The van der Waals surface area contributed by atoms with Crippen LogP contribution in [-0.2, 0) is 19.4 Å². The van der Waals surface area contributed by atoms with Gasteiger partial charge in [0.05, 0.1) is 18.4 Å². The lowest BCUT2D eigenvalue weighted by Crippen LogP contribution is -2.28. The Hall–Kier alpha value is -2.57. The van der Waals surface area contributed by atoms with Crippen LogP contribution in [0.25, 0.3) is 0 Å². The molecule has 3 aromatic rings. The molecule has 0 bridgehead atoms. The first-order valence-corrected chi connectivity index (χ1v) is 11.9. The third kappa shape index (κ3) is 4.92. The second kappa shape index (κ2) is 9.12. The fraction of sp³-hybridized carbons (Fsp3) is 0.360. The fourth-order valence-electron chi connectivity index (χ4n) is 4.13. The largest absolute Gasteiger partial charge is 0.467 e. The lowest BCUT2D eigenvalue weighted by Gasteiger charge is -2.33. The molecule has 7 heteroatoms. The van der Waals surface area contributed by atoms with Crippen molar-refractivity contribution >= 4 is 39.8 Å². The van der Waals surface area contributed by atoms with E-state index in [1.54, 1.807) is 36.6 Å². The first kappa shape index (κ1) is 22.6. The van der Waals surface area contributed by atoms with Crippen LogP contribution in [0.3, 0.4) is 0 Å². The number of nitrogens with one attached hydrogen (secondary N) is 2. The fourth-order valence-corrected chi connectivity index (χ4v) is 5.64. The van der Waals surface area contributed by atoms with Crippen molar-refractivity contribution in [1.82, 2.24) is 5.32 Å². The van der Waals surface area contributed by atoms with Crippen molar-refractivity contribution in [3.05, 3.63) is 75.0 Å². The third-order valence-corrected chi connectivity index (χ3v) is 7.44. The summed E-state index contributed by atoms with van der Waals surface area (Å²) in [5.74, 6) is 0.733. The van der Waals surface area contributed by atoms with Crippen LogP contribution in [0.5, 0.6) is 0 Å². The minimum absolute atomic E-state index is 0.188. The van der Waals surface area contributed by atoms with Crippen molar-refractivity contribution in [2.75, 3.05) is 5.32 Å². The molecule has 5 nitrogen and oxygen atoms in total. The minimum atomic E-state index is -0.279. The van der Waals surface area contributed by atoms with E-state index in [0.717, 1.165) is 24.8 Å². The predicted octanol–water partition coefficient (Wildman–Crippen LogP) is 6.33. The Morgan fingerprint density at radius 3 is 2.69 bits per heavy atom. The van der Waals surface area contributed by atoms with Gasteiger partial charge in [-0.2, -0.15) is 0 Å². The van der Waals surface area contributed by atoms with Gasteiger partial charge >= 0.3 is 0 Å². The van der Waals surface area contributed by atoms with E-state index < -0.39 is 0 Å². The van der Waals surface area contributed by atoms with Crippen molar-refractivity contribution < 1.29 is 14.0 Å². The van der Waals surface area contributed by atoms with E-state index >= 15 is 0 Å². The van der Waals surface area contributed by atoms with E-state index in [2.05, 4.69) is 31.4 Å². The van der Waals surface area contributed by atoms with Gasteiger partial charge in [0.25, 0.3) is 11.8 Å². The van der Waals surface area contributed by atoms with E-state index in [9.17, 15) is 9.59 Å². The van der Waals surface area contributed by atoms with Crippen molar-refractivity contribution in [3.8, 4) is 0 Å². The van der Waals surface area contributed by atoms with Gasteiger partial charge in [0.15, 0.2) is 0 Å². The van der Waals surface area contributed by atoms with Crippen molar-refractivity contribution in [1.29, 1.82) is 0 Å². The molecule has 2 N–H and O–H groups in total. The minimum Gasteiger partial charge on any atom is -0.467 e. The highest BCUT2D eigenvalue weighted by Gasteiger charge is 2.34. The summed E-state index contributed by atoms with van der Waals surface area (Å²) in [5.41, 5.74) is 2.26. The number of hydrogen-bond acceptors (Lipinski definition) is 4. The van der Waals surface area contributed by atoms with Crippen LogP contribution in [0, 0.1) is 11.3 Å². The molecule has 168 valence electrons. The summed E-state index contributed by atoms with van der Waals surface area (Å²) in [6.07, 6.45) is 4.34. The Morgan fingerprint density at radius 2 is 2.00 bits per heavy atom. The molecule has 0 saturated heterocycles. The molecule has 2 heterocycles. The van der Waals surface area contributed by atoms with Gasteiger partial charge in [0.2, 0.25) is 0 Å². The maximum Gasteiger partial charge on any atom is 0.256 e. The molecule has 1 aromatic carbocycles. The highest BCUT2D eigenvalue weighted by atomic mass is 35.5. The quantitative estimate of drug-likeness (QED) is 0.457. The standard InChI is InChI=1S/C25H27ClN2O3S/c1-25(2,3)16-9-10-19-20(13-16)32-24(28-22(29)15-6-4-7-17(26)12-15)21(19)23(30)27-14-18-8-5-11-31-18/h4-8,11-12,16H,9-10,13-14H2,1-3H3,(H,27,30)(H,28,29)/t16-/m0/s1. The van der Waals surface area contributed by atoms with Crippen LogP contribution in [0.15, 0.2) is 47.1 Å². The number of fused-ring (bicyclic) bond motifs is 1. The number of furan rings is 1. The zero-order valence-electron chi connectivity index (χ0n) is 18.5. The molecule has 32 heavy (non-hydrogen) atoms. The lowest BCUT2D eigenvalue weighted by atomic mass is 9.72. The average Bonchev–Trinajstić information content (AvgIpc) is 3.38.